The van der Waals surface area contributed by atoms with Crippen LogP contribution in [0.5, 0.6) is 5.75 Å². The molecule has 116 valence electrons. The first-order chi connectivity index (χ1) is 10.3. The van der Waals surface area contributed by atoms with Crippen LogP contribution in [0.15, 0.2) is 45.6 Å². The van der Waals surface area contributed by atoms with Gasteiger partial charge in [0.1, 0.15) is 23.0 Å². The minimum Gasteiger partial charge on any atom is -0.485 e. The third-order valence-electron chi connectivity index (χ3n) is 3.89. The molecule has 0 saturated carbocycles. The van der Waals surface area contributed by atoms with Crippen molar-refractivity contribution in [3.05, 3.63) is 52.4 Å². The number of rotatable bonds is 3. The number of hydrogen-bond acceptors (Lipinski definition) is 4. The molecule has 0 N–H and O–H groups in total. The Morgan fingerprint density at radius 2 is 2.18 bits per heavy atom. The van der Waals surface area contributed by atoms with Gasteiger partial charge in [0.05, 0.1) is 6.61 Å². The molecule has 1 aromatic heterocycles. The summed E-state index contributed by atoms with van der Waals surface area (Å²) in [4.78, 5) is 11.3. The number of ether oxygens (including phenoxy) is 2. The van der Waals surface area contributed by atoms with Gasteiger partial charge < -0.3 is 13.9 Å². The molecule has 0 unspecified atom stereocenters. The van der Waals surface area contributed by atoms with Crippen LogP contribution in [0.25, 0.3) is 11.0 Å². The van der Waals surface area contributed by atoms with Crippen LogP contribution in [0.4, 0.5) is 0 Å². The Kier molecular flexibility index (Phi) is 3.57. The standard InChI is InChI=1S/C18H20O4/c1-11(2)10-20-16-8-13-7-12-5-6-17(19)21-14(12)9-15(13)22-18(16,3)4/h5-7,9,16H,1,8,10H2,2-4H3/t16-/m1/s1. The maximum atomic E-state index is 11.3. The van der Waals surface area contributed by atoms with Crippen LogP contribution >= 0.6 is 0 Å². The smallest absolute Gasteiger partial charge is 0.336 e. The van der Waals surface area contributed by atoms with Gasteiger partial charge in [0.2, 0.25) is 0 Å². The molecule has 1 aliphatic heterocycles. The maximum absolute atomic E-state index is 11.3. The number of hydrogen-bond donors (Lipinski definition) is 0. The summed E-state index contributed by atoms with van der Waals surface area (Å²) in [5.74, 6) is 0.752. The SMILES string of the molecule is C=C(C)CO[C@@H]1Cc2cc3ccc(=O)oc3cc2OC1(C)C. The average molecular weight is 300 g/mol. The van der Waals surface area contributed by atoms with Crippen molar-refractivity contribution in [1.29, 1.82) is 0 Å². The zero-order valence-electron chi connectivity index (χ0n) is 13.1. The van der Waals surface area contributed by atoms with E-state index in [1.807, 2.05) is 26.8 Å². The van der Waals surface area contributed by atoms with Crippen molar-refractivity contribution in [1.82, 2.24) is 0 Å². The first-order valence-electron chi connectivity index (χ1n) is 7.37. The molecule has 2 aromatic rings. The molecule has 0 fully saturated rings. The average Bonchev–Trinajstić information content (AvgIpc) is 2.42. The lowest BCUT2D eigenvalue weighted by molar-refractivity contribution is -0.0770. The van der Waals surface area contributed by atoms with Crippen LogP contribution in [0, 0.1) is 0 Å². The monoisotopic (exact) mass is 300 g/mol. The molecule has 0 radical (unpaired) electrons. The highest BCUT2D eigenvalue weighted by Crippen LogP contribution is 2.37. The van der Waals surface area contributed by atoms with E-state index in [0.717, 1.165) is 28.7 Å². The van der Waals surface area contributed by atoms with Crippen LogP contribution in [-0.4, -0.2) is 18.3 Å². The minimum absolute atomic E-state index is 0.0510. The highest BCUT2D eigenvalue weighted by atomic mass is 16.6. The predicted molar refractivity (Wildman–Crippen MR) is 85.4 cm³/mol. The van der Waals surface area contributed by atoms with Crippen molar-refractivity contribution >= 4 is 11.0 Å². The summed E-state index contributed by atoms with van der Waals surface area (Å²) in [5, 5.41) is 0.889. The van der Waals surface area contributed by atoms with Gasteiger partial charge in [-0.25, -0.2) is 4.79 Å². The summed E-state index contributed by atoms with van der Waals surface area (Å²) >= 11 is 0. The van der Waals surface area contributed by atoms with E-state index < -0.39 is 5.60 Å². The Balaban J connectivity index is 1.98. The van der Waals surface area contributed by atoms with Crippen molar-refractivity contribution in [3.8, 4) is 5.75 Å². The minimum atomic E-state index is -0.453. The molecule has 0 aliphatic carbocycles. The molecule has 2 heterocycles. The first-order valence-corrected chi connectivity index (χ1v) is 7.37. The summed E-state index contributed by atoms with van der Waals surface area (Å²) in [6.07, 6.45) is 0.704. The Labute approximate surface area is 129 Å². The van der Waals surface area contributed by atoms with E-state index in [0.29, 0.717) is 12.2 Å². The highest BCUT2D eigenvalue weighted by Gasteiger charge is 2.38. The van der Waals surface area contributed by atoms with E-state index in [1.165, 1.54) is 6.07 Å². The summed E-state index contributed by atoms with van der Waals surface area (Å²) < 4.78 is 17.3. The van der Waals surface area contributed by atoms with E-state index in [2.05, 4.69) is 6.58 Å². The van der Waals surface area contributed by atoms with Crippen LogP contribution in [0.3, 0.4) is 0 Å². The van der Waals surface area contributed by atoms with E-state index in [9.17, 15) is 4.79 Å². The second-order valence-corrected chi connectivity index (χ2v) is 6.42. The Hall–Kier alpha value is -2.07. The molecular weight excluding hydrogens is 280 g/mol. The van der Waals surface area contributed by atoms with Gasteiger partial charge in [0.25, 0.3) is 0 Å². The normalized spacial score (nSPS) is 19.5. The molecule has 4 heteroatoms. The molecule has 1 atom stereocenters. The lowest BCUT2D eigenvalue weighted by atomic mass is 9.90. The van der Waals surface area contributed by atoms with Gasteiger partial charge in [-0.1, -0.05) is 12.2 Å². The molecule has 1 aliphatic rings. The van der Waals surface area contributed by atoms with Crippen LogP contribution in [0.1, 0.15) is 26.3 Å². The zero-order valence-corrected chi connectivity index (χ0v) is 13.1. The topological polar surface area (TPSA) is 48.7 Å². The summed E-state index contributed by atoms with van der Waals surface area (Å²) in [6, 6.07) is 6.99. The van der Waals surface area contributed by atoms with Gasteiger partial charge in [0.15, 0.2) is 0 Å². The fourth-order valence-electron chi connectivity index (χ4n) is 2.70. The molecule has 22 heavy (non-hydrogen) atoms. The third-order valence-corrected chi connectivity index (χ3v) is 3.89. The van der Waals surface area contributed by atoms with Gasteiger partial charge in [0, 0.05) is 23.9 Å². The van der Waals surface area contributed by atoms with Crippen molar-refractivity contribution in [3.63, 3.8) is 0 Å². The van der Waals surface area contributed by atoms with Crippen LogP contribution in [-0.2, 0) is 11.2 Å². The molecule has 1 aromatic carbocycles. The quantitative estimate of drug-likeness (QED) is 0.643. The Morgan fingerprint density at radius 1 is 1.41 bits per heavy atom. The molecule has 0 spiro atoms. The predicted octanol–water partition coefficient (Wildman–Crippen LogP) is 3.47. The highest BCUT2D eigenvalue weighted by molar-refractivity contribution is 5.79. The molecular formula is C18H20O4. The van der Waals surface area contributed by atoms with Crippen LogP contribution in [0.2, 0.25) is 0 Å². The molecule has 0 bridgehead atoms. The fraction of sp³-hybridized carbons (Fsp3) is 0.389. The van der Waals surface area contributed by atoms with Gasteiger partial charge in [-0.05, 0) is 38.5 Å². The summed E-state index contributed by atoms with van der Waals surface area (Å²) in [6.45, 7) is 10.3. The van der Waals surface area contributed by atoms with Crippen LogP contribution < -0.4 is 10.4 Å². The molecule has 0 saturated heterocycles. The van der Waals surface area contributed by atoms with E-state index in [-0.39, 0.29) is 11.7 Å². The van der Waals surface area contributed by atoms with E-state index in [4.69, 9.17) is 13.9 Å². The van der Waals surface area contributed by atoms with Crippen molar-refractivity contribution in [2.24, 2.45) is 0 Å². The lowest BCUT2D eigenvalue weighted by Crippen LogP contribution is -2.48. The molecule has 3 rings (SSSR count). The summed E-state index contributed by atoms with van der Waals surface area (Å²) in [7, 11) is 0. The summed E-state index contributed by atoms with van der Waals surface area (Å²) in [5.41, 5.74) is 1.79. The van der Waals surface area contributed by atoms with Gasteiger partial charge in [-0.2, -0.15) is 0 Å². The zero-order chi connectivity index (χ0) is 15.9. The number of benzene rings is 1. The maximum Gasteiger partial charge on any atom is 0.336 e. The van der Waals surface area contributed by atoms with Gasteiger partial charge in [-0.3, -0.25) is 0 Å². The largest absolute Gasteiger partial charge is 0.485 e. The van der Waals surface area contributed by atoms with Crippen molar-refractivity contribution in [2.45, 2.75) is 38.9 Å². The second-order valence-electron chi connectivity index (χ2n) is 6.42. The molecule has 0 amide bonds. The first kappa shape index (κ1) is 14.9. The van der Waals surface area contributed by atoms with E-state index >= 15 is 0 Å². The third kappa shape index (κ3) is 2.79. The lowest BCUT2D eigenvalue weighted by Gasteiger charge is -2.39. The second kappa shape index (κ2) is 5.29. The Morgan fingerprint density at radius 3 is 2.91 bits per heavy atom. The number of fused-ring (bicyclic) bond motifs is 2. The van der Waals surface area contributed by atoms with Gasteiger partial charge >= 0.3 is 5.63 Å². The van der Waals surface area contributed by atoms with E-state index in [1.54, 1.807) is 12.1 Å². The Bertz CT molecular complexity index is 785. The van der Waals surface area contributed by atoms with Crippen molar-refractivity contribution in [2.75, 3.05) is 6.61 Å². The van der Waals surface area contributed by atoms with Gasteiger partial charge in [-0.15, -0.1) is 0 Å². The fourth-order valence-corrected chi connectivity index (χ4v) is 2.70. The molecule has 4 nitrogen and oxygen atoms in total. The van der Waals surface area contributed by atoms with Crippen molar-refractivity contribution < 1.29 is 13.9 Å².